The lowest BCUT2D eigenvalue weighted by Crippen LogP contribution is -2.36. The van der Waals surface area contributed by atoms with E-state index in [9.17, 15) is 4.79 Å². The molecule has 3 heteroatoms. The number of ether oxygens (including phenoxy) is 1. The third kappa shape index (κ3) is 4.03. The second-order valence-corrected chi connectivity index (χ2v) is 7.29. The van der Waals surface area contributed by atoms with Crippen molar-refractivity contribution in [2.45, 2.75) is 58.0 Å². The number of esters is 1. The molecule has 0 aliphatic heterocycles. The number of hydrogen-bond donors (Lipinski definition) is 1. The summed E-state index contributed by atoms with van der Waals surface area (Å²) in [4.78, 5) is 13.3. The fraction of sp³-hybridized carbons (Fsp3) is 0.611. The van der Waals surface area contributed by atoms with Crippen LogP contribution in [0.5, 0.6) is 0 Å². The number of hydrogen-bond acceptors (Lipinski definition) is 3. The molecule has 116 valence electrons. The third-order valence-electron chi connectivity index (χ3n) is 4.66. The van der Waals surface area contributed by atoms with Crippen LogP contribution in [-0.2, 0) is 4.74 Å². The zero-order valence-corrected chi connectivity index (χ0v) is 14.3. The van der Waals surface area contributed by atoms with E-state index in [0.29, 0.717) is 23.3 Å². The zero-order valence-electron chi connectivity index (χ0n) is 13.4. The average molecular weight is 306 g/mol. The van der Waals surface area contributed by atoms with Crippen LogP contribution in [0.1, 0.15) is 56.0 Å². The first-order valence-corrected chi connectivity index (χ1v) is 8.33. The standard InChI is InChI=1S/C18H26O2S/c1-11(2)15-8-5-12(3)9-17(15)20-18(19)16-10-14(21)7-6-13(16)4/h6-7,10-12,15,17,21H,5,8-9H2,1-4H3. The van der Waals surface area contributed by atoms with Gasteiger partial charge < -0.3 is 4.74 Å². The van der Waals surface area contributed by atoms with Gasteiger partial charge in [-0.1, -0.05) is 33.3 Å². The molecule has 3 atom stereocenters. The highest BCUT2D eigenvalue weighted by Gasteiger charge is 2.33. The first-order valence-electron chi connectivity index (χ1n) is 7.89. The van der Waals surface area contributed by atoms with Crippen molar-refractivity contribution < 1.29 is 9.53 Å². The fourth-order valence-corrected chi connectivity index (χ4v) is 3.48. The van der Waals surface area contributed by atoms with Crippen molar-refractivity contribution in [3.05, 3.63) is 29.3 Å². The minimum Gasteiger partial charge on any atom is -0.458 e. The second kappa shape index (κ2) is 6.87. The van der Waals surface area contributed by atoms with E-state index in [1.165, 1.54) is 6.42 Å². The number of thiol groups is 1. The predicted octanol–water partition coefficient (Wildman–Crippen LogP) is 4.90. The van der Waals surface area contributed by atoms with Gasteiger partial charge in [-0.25, -0.2) is 4.79 Å². The summed E-state index contributed by atoms with van der Waals surface area (Å²) in [6.45, 7) is 8.63. The summed E-state index contributed by atoms with van der Waals surface area (Å²) >= 11 is 4.32. The molecular formula is C18H26O2S. The molecule has 1 aliphatic rings. The molecule has 0 bridgehead atoms. The van der Waals surface area contributed by atoms with Crippen LogP contribution in [0.4, 0.5) is 0 Å². The number of carbonyl (C=O) groups is 1. The van der Waals surface area contributed by atoms with E-state index in [1.807, 2.05) is 19.1 Å². The van der Waals surface area contributed by atoms with E-state index in [2.05, 4.69) is 33.4 Å². The van der Waals surface area contributed by atoms with E-state index in [-0.39, 0.29) is 12.1 Å². The molecule has 0 amide bonds. The summed E-state index contributed by atoms with van der Waals surface area (Å²) in [5.74, 6) is 1.46. The van der Waals surface area contributed by atoms with Gasteiger partial charge >= 0.3 is 5.97 Å². The quantitative estimate of drug-likeness (QED) is 0.635. The Kier molecular flexibility index (Phi) is 5.37. The number of carbonyl (C=O) groups excluding carboxylic acids is 1. The van der Waals surface area contributed by atoms with Gasteiger partial charge in [-0.05, 0) is 55.2 Å². The Labute approximate surface area is 133 Å². The summed E-state index contributed by atoms with van der Waals surface area (Å²) in [6, 6.07) is 5.62. The van der Waals surface area contributed by atoms with Crippen molar-refractivity contribution in [1.29, 1.82) is 0 Å². The lowest BCUT2D eigenvalue weighted by Gasteiger charge is -2.36. The highest BCUT2D eigenvalue weighted by Crippen LogP contribution is 2.35. The van der Waals surface area contributed by atoms with Crippen LogP contribution >= 0.6 is 12.6 Å². The van der Waals surface area contributed by atoms with Crippen LogP contribution in [-0.4, -0.2) is 12.1 Å². The van der Waals surface area contributed by atoms with Gasteiger partial charge in [0.2, 0.25) is 0 Å². The third-order valence-corrected chi connectivity index (χ3v) is 4.94. The van der Waals surface area contributed by atoms with Crippen LogP contribution < -0.4 is 0 Å². The topological polar surface area (TPSA) is 26.3 Å². The Morgan fingerprint density at radius 2 is 2.05 bits per heavy atom. The lowest BCUT2D eigenvalue weighted by molar-refractivity contribution is -0.0174. The highest BCUT2D eigenvalue weighted by atomic mass is 32.1. The Bertz CT molecular complexity index is 510. The first-order chi connectivity index (χ1) is 9.88. The summed E-state index contributed by atoms with van der Waals surface area (Å²) < 4.78 is 5.88. The normalized spacial score (nSPS) is 25.9. The molecule has 3 unspecified atom stereocenters. The monoisotopic (exact) mass is 306 g/mol. The maximum Gasteiger partial charge on any atom is 0.338 e. The SMILES string of the molecule is Cc1ccc(S)cc1C(=O)OC1CC(C)CCC1C(C)C. The predicted molar refractivity (Wildman–Crippen MR) is 89.0 cm³/mol. The molecule has 0 N–H and O–H groups in total. The van der Waals surface area contributed by atoms with Crippen molar-refractivity contribution in [1.82, 2.24) is 0 Å². The van der Waals surface area contributed by atoms with Crippen molar-refractivity contribution in [2.24, 2.45) is 17.8 Å². The van der Waals surface area contributed by atoms with Gasteiger partial charge in [-0.15, -0.1) is 12.6 Å². The van der Waals surface area contributed by atoms with Crippen LogP contribution in [0, 0.1) is 24.7 Å². The minimum atomic E-state index is -0.201. The second-order valence-electron chi connectivity index (χ2n) is 6.77. The van der Waals surface area contributed by atoms with Crippen molar-refractivity contribution >= 4 is 18.6 Å². The van der Waals surface area contributed by atoms with Crippen LogP contribution in [0.3, 0.4) is 0 Å². The number of rotatable bonds is 3. The minimum absolute atomic E-state index is 0.0456. The maximum atomic E-state index is 12.5. The molecule has 1 aliphatic carbocycles. The van der Waals surface area contributed by atoms with E-state index < -0.39 is 0 Å². The highest BCUT2D eigenvalue weighted by molar-refractivity contribution is 7.80. The Morgan fingerprint density at radius 3 is 2.71 bits per heavy atom. The van der Waals surface area contributed by atoms with E-state index in [1.54, 1.807) is 6.07 Å². The Morgan fingerprint density at radius 1 is 1.33 bits per heavy atom. The molecular weight excluding hydrogens is 280 g/mol. The Balaban J connectivity index is 2.14. The molecule has 1 fully saturated rings. The number of benzene rings is 1. The lowest BCUT2D eigenvalue weighted by atomic mass is 9.75. The number of aryl methyl sites for hydroxylation is 1. The zero-order chi connectivity index (χ0) is 15.6. The smallest absolute Gasteiger partial charge is 0.338 e. The van der Waals surface area contributed by atoms with Gasteiger partial charge in [0.25, 0.3) is 0 Å². The Hall–Kier alpha value is -0.960. The van der Waals surface area contributed by atoms with Gasteiger partial charge in [-0.3, -0.25) is 0 Å². The van der Waals surface area contributed by atoms with Crippen molar-refractivity contribution in [3.8, 4) is 0 Å². The summed E-state index contributed by atoms with van der Waals surface area (Å²) in [7, 11) is 0. The molecule has 0 aromatic heterocycles. The van der Waals surface area contributed by atoms with E-state index >= 15 is 0 Å². The van der Waals surface area contributed by atoms with Crippen molar-refractivity contribution in [2.75, 3.05) is 0 Å². The van der Waals surface area contributed by atoms with Crippen LogP contribution in [0.25, 0.3) is 0 Å². The molecule has 1 saturated carbocycles. The molecule has 0 spiro atoms. The molecule has 0 radical (unpaired) electrons. The van der Waals surface area contributed by atoms with E-state index in [0.717, 1.165) is 23.3 Å². The molecule has 0 heterocycles. The van der Waals surface area contributed by atoms with Crippen LogP contribution in [0.15, 0.2) is 23.1 Å². The first kappa shape index (κ1) is 16.4. The van der Waals surface area contributed by atoms with Crippen molar-refractivity contribution in [3.63, 3.8) is 0 Å². The summed E-state index contributed by atoms with van der Waals surface area (Å²) in [6.07, 6.45) is 3.42. The average Bonchev–Trinajstić information content (AvgIpc) is 2.41. The summed E-state index contributed by atoms with van der Waals surface area (Å²) in [5.41, 5.74) is 1.59. The van der Waals surface area contributed by atoms with E-state index in [4.69, 9.17) is 4.74 Å². The largest absolute Gasteiger partial charge is 0.458 e. The van der Waals surface area contributed by atoms with Gasteiger partial charge in [0.15, 0.2) is 0 Å². The molecule has 1 aromatic carbocycles. The fourth-order valence-electron chi connectivity index (χ4n) is 3.28. The molecule has 2 nitrogen and oxygen atoms in total. The molecule has 2 rings (SSSR count). The van der Waals surface area contributed by atoms with Gasteiger partial charge in [0.1, 0.15) is 6.10 Å². The summed E-state index contributed by atoms with van der Waals surface area (Å²) in [5, 5.41) is 0. The van der Waals surface area contributed by atoms with Crippen LogP contribution in [0.2, 0.25) is 0 Å². The van der Waals surface area contributed by atoms with Gasteiger partial charge in [0.05, 0.1) is 5.56 Å². The van der Waals surface area contributed by atoms with Gasteiger partial charge in [0, 0.05) is 4.90 Å². The van der Waals surface area contributed by atoms with Gasteiger partial charge in [-0.2, -0.15) is 0 Å². The molecule has 0 saturated heterocycles. The molecule has 1 aromatic rings. The molecule has 21 heavy (non-hydrogen) atoms. The maximum absolute atomic E-state index is 12.5.